The Kier molecular flexibility index (Phi) is 6.15. The summed E-state index contributed by atoms with van der Waals surface area (Å²) in [5, 5.41) is 1.90. The maximum atomic E-state index is 13.2. The Morgan fingerprint density at radius 2 is 1.81 bits per heavy atom. The lowest BCUT2D eigenvalue weighted by Gasteiger charge is -2.36. The molecule has 0 amide bonds. The smallest absolute Gasteiger partial charge is 0.372 e. The first-order chi connectivity index (χ1) is 13.0. The quantitative estimate of drug-likeness (QED) is 0.563. The van der Waals surface area contributed by atoms with Gasteiger partial charge in [-0.15, -0.1) is 0 Å². The van der Waals surface area contributed by atoms with Gasteiger partial charge >= 0.3 is 5.97 Å². The fraction of sp³-hybridized carbons (Fsp3) is 0.500. The summed E-state index contributed by atoms with van der Waals surface area (Å²) >= 11 is 0. The van der Waals surface area contributed by atoms with Gasteiger partial charge in [0.05, 0.1) is 12.2 Å². The van der Waals surface area contributed by atoms with E-state index in [1.165, 1.54) is 14.2 Å². The highest BCUT2D eigenvalue weighted by Gasteiger charge is 2.46. The van der Waals surface area contributed by atoms with E-state index in [1.807, 2.05) is 49.4 Å². The van der Waals surface area contributed by atoms with E-state index in [0.29, 0.717) is 18.4 Å². The van der Waals surface area contributed by atoms with Crippen LogP contribution in [0.5, 0.6) is 0 Å². The molecule has 2 aromatic rings. The number of benzene rings is 2. The Balaban J connectivity index is 1.93. The van der Waals surface area contributed by atoms with Crippen molar-refractivity contribution in [2.45, 2.75) is 57.2 Å². The normalized spacial score (nSPS) is 23.3. The zero-order chi connectivity index (χ0) is 19.4. The zero-order valence-corrected chi connectivity index (χ0v) is 16.4. The molecule has 146 valence electrons. The van der Waals surface area contributed by atoms with Gasteiger partial charge in [0, 0.05) is 32.6 Å². The van der Waals surface area contributed by atoms with Crippen LogP contribution in [0.15, 0.2) is 42.5 Å². The number of rotatable bonds is 6. The molecule has 5 nitrogen and oxygen atoms in total. The Morgan fingerprint density at radius 1 is 1.11 bits per heavy atom. The van der Waals surface area contributed by atoms with E-state index < -0.39 is 11.8 Å². The second-order valence-corrected chi connectivity index (χ2v) is 7.03. The third-order valence-electron chi connectivity index (χ3n) is 5.26. The second-order valence-electron chi connectivity index (χ2n) is 7.03. The fourth-order valence-corrected chi connectivity index (χ4v) is 3.88. The Hall–Kier alpha value is -1.95. The summed E-state index contributed by atoms with van der Waals surface area (Å²) in [5.74, 6) is -2.14. The van der Waals surface area contributed by atoms with Crippen molar-refractivity contribution in [1.82, 2.24) is 0 Å². The third-order valence-corrected chi connectivity index (χ3v) is 5.26. The third kappa shape index (κ3) is 3.86. The summed E-state index contributed by atoms with van der Waals surface area (Å²) in [6, 6.07) is 13.6. The first-order valence-electron chi connectivity index (χ1n) is 9.49. The van der Waals surface area contributed by atoms with E-state index in [9.17, 15) is 4.79 Å². The standard InChI is InChI=1S/C22H28O5/c1-5-17-14-18(13-15(2)26-17)27-21(23)22(24-3,25-4)20-12-8-10-16-9-6-7-11-19(16)20/h6-12,15,17-18H,5,13-14H2,1-4H3/t15-,17+,18-/m1/s1. The van der Waals surface area contributed by atoms with Crippen LogP contribution in [0.2, 0.25) is 0 Å². The van der Waals surface area contributed by atoms with Gasteiger partial charge in [-0.25, -0.2) is 4.79 Å². The second kappa shape index (κ2) is 8.38. The number of ether oxygens (including phenoxy) is 4. The summed E-state index contributed by atoms with van der Waals surface area (Å²) in [7, 11) is 2.93. The number of carbonyl (C=O) groups excluding carboxylic acids is 1. The maximum Gasteiger partial charge on any atom is 0.372 e. The zero-order valence-electron chi connectivity index (χ0n) is 16.4. The summed E-state index contributed by atoms with van der Waals surface area (Å²) in [5.41, 5.74) is 0.641. The molecule has 1 fully saturated rings. The van der Waals surface area contributed by atoms with Gasteiger partial charge in [0.15, 0.2) is 0 Å². The van der Waals surface area contributed by atoms with Crippen LogP contribution in [0.4, 0.5) is 0 Å². The van der Waals surface area contributed by atoms with Gasteiger partial charge in [0.1, 0.15) is 6.10 Å². The molecule has 1 heterocycles. The molecule has 2 aromatic carbocycles. The molecular formula is C22H28O5. The molecule has 0 aliphatic carbocycles. The van der Waals surface area contributed by atoms with Crippen molar-refractivity contribution in [3.63, 3.8) is 0 Å². The first-order valence-corrected chi connectivity index (χ1v) is 9.49. The molecule has 0 spiro atoms. The summed E-state index contributed by atoms with van der Waals surface area (Å²) in [4.78, 5) is 13.2. The van der Waals surface area contributed by atoms with E-state index in [1.54, 1.807) is 0 Å². The molecule has 1 aliphatic heterocycles. The molecule has 27 heavy (non-hydrogen) atoms. The predicted molar refractivity (Wildman–Crippen MR) is 103 cm³/mol. The largest absolute Gasteiger partial charge is 0.458 e. The number of esters is 1. The van der Waals surface area contributed by atoms with Crippen LogP contribution < -0.4 is 0 Å². The predicted octanol–water partition coefficient (Wildman–Crippen LogP) is 4.17. The topological polar surface area (TPSA) is 54.0 Å². The number of fused-ring (bicyclic) bond motifs is 1. The SMILES string of the molecule is CC[C@H]1C[C@H](OC(=O)C(OC)(OC)c2cccc3ccccc23)C[C@@H](C)O1. The maximum absolute atomic E-state index is 13.2. The minimum absolute atomic E-state index is 0.0542. The van der Waals surface area contributed by atoms with Gasteiger partial charge in [-0.05, 0) is 24.1 Å². The molecule has 0 aromatic heterocycles. The van der Waals surface area contributed by atoms with E-state index in [2.05, 4.69) is 6.92 Å². The minimum Gasteiger partial charge on any atom is -0.458 e. The monoisotopic (exact) mass is 372 g/mol. The van der Waals surface area contributed by atoms with Crippen LogP contribution in [0.3, 0.4) is 0 Å². The lowest BCUT2D eigenvalue weighted by molar-refractivity contribution is -0.243. The van der Waals surface area contributed by atoms with Crippen molar-refractivity contribution >= 4 is 16.7 Å². The van der Waals surface area contributed by atoms with Gasteiger partial charge in [-0.2, -0.15) is 0 Å². The highest BCUT2D eigenvalue weighted by Crippen LogP contribution is 2.35. The molecule has 0 N–H and O–H groups in total. The first kappa shape index (κ1) is 19.8. The average molecular weight is 372 g/mol. The summed E-state index contributed by atoms with van der Waals surface area (Å²) < 4.78 is 23.0. The van der Waals surface area contributed by atoms with Gasteiger partial charge in [0.25, 0.3) is 5.79 Å². The molecular weight excluding hydrogens is 344 g/mol. The summed E-state index contributed by atoms with van der Waals surface area (Å²) in [6.07, 6.45) is 2.18. The Bertz CT molecular complexity index is 778. The molecule has 3 atom stereocenters. The number of hydrogen-bond donors (Lipinski definition) is 0. The van der Waals surface area contributed by atoms with Crippen molar-refractivity contribution < 1.29 is 23.7 Å². The molecule has 5 heteroatoms. The number of hydrogen-bond acceptors (Lipinski definition) is 5. The van der Waals surface area contributed by atoms with Crippen LogP contribution in [-0.2, 0) is 29.5 Å². The van der Waals surface area contributed by atoms with Crippen molar-refractivity contribution in [3.8, 4) is 0 Å². The minimum atomic E-state index is -1.61. The summed E-state index contributed by atoms with van der Waals surface area (Å²) in [6.45, 7) is 4.08. The van der Waals surface area contributed by atoms with Gasteiger partial charge < -0.3 is 18.9 Å². The highest BCUT2D eigenvalue weighted by molar-refractivity contribution is 5.92. The number of carbonyl (C=O) groups is 1. The Labute approximate surface area is 160 Å². The molecule has 1 saturated heterocycles. The van der Waals surface area contributed by atoms with E-state index in [0.717, 1.165) is 17.2 Å². The van der Waals surface area contributed by atoms with Gasteiger partial charge in [0.2, 0.25) is 0 Å². The molecule has 0 unspecified atom stereocenters. The molecule has 1 aliphatic rings. The molecule has 0 bridgehead atoms. The van der Waals surface area contributed by atoms with Crippen LogP contribution >= 0.6 is 0 Å². The lowest BCUT2D eigenvalue weighted by atomic mass is 9.96. The highest BCUT2D eigenvalue weighted by atomic mass is 16.7. The fourth-order valence-electron chi connectivity index (χ4n) is 3.88. The van der Waals surface area contributed by atoms with Crippen LogP contribution in [0.1, 0.15) is 38.7 Å². The van der Waals surface area contributed by atoms with Gasteiger partial charge in [-0.3, -0.25) is 0 Å². The van der Waals surface area contributed by atoms with E-state index >= 15 is 0 Å². The Morgan fingerprint density at radius 3 is 2.52 bits per heavy atom. The molecule has 3 rings (SSSR count). The van der Waals surface area contributed by atoms with Crippen LogP contribution in [0.25, 0.3) is 10.8 Å². The van der Waals surface area contributed by atoms with Crippen molar-refractivity contribution in [1.29, 1.82) is 0 Å². The van der Waals surface area contributed by atoms with Gasteiger partial charge in [-0.1, -0.05) is 49.4 Å². The van der Waals surface area contributed by atoms with Crippen molar-refractivity contribution in [2.24, 2.45) is 0 Å². The average Bonchev–Trinajstić information content (AvgIpc) is 2.69. The van der Waals surface area contributed by atoms with E-state index in [-0.39, 0.29) is 18.3 Å². The van der Waals surface area contributed by atoms with E-state index in [4.69, 9.17) is 18.9 Å². The number of methoxy groups -OCH3 is 2. The van der Waals surface area contributed by atoms with Crippen LogP contribution in [-0.4, -0.2) is 38.5 Å². The van der Waals surface area contributed by atoms with Crippen LogP contribution in [0, 0.1) is 0 Å². The molecule has 0 saturated carbocycles. The van der Waals surface area contributed by atoms with Crippen molar-refractivity contribution in [2.75, 3.05) is 14.2 Å². The lowest BCUT2D eigenvalue weighted by Crippen LogP contribution is -2.45. The molecule has 0 radical (unpaired) electrons. The van der Waals surface area contributed by atoms with Crippen molar-refractivity contribution in [3.05, 3.63) is 48.0 Å².